The third-order valence-corrected chi connectivity index (χ3v) is 14.8. The van der Waals surface area contributed by atoms with E-state index >= 15 is 0 Å². The van der Waals surface area contributed by atoms with Crippen molar-refractivity contribution in [2.45, 2.75) is 249 Å². The Morgan fingerprint density at radius 1 is 0.459 bits per heavy atom. The van der Waals surface area contributed by atoms with Crippen molar-refractivity contribution in [3.05, 3.63) is 0 Å². The second kappa shape index (κ2) is 61.1. The normalized spacial score (nSPS) is 18.3. The molecule has 6 N–H and O–H groups in total. The van der Waals surface area contributed by atoms with Crippen molar-refractivity contribution in [3.63, 3.8) is 0 Å². The van der Waals surface area contributed by atoms with Gasteiger partial charge >= 0.3 is 5.97 Å². The molecule has 1 rings (SSSR count). The van der Waals surface area contributed by atoms with Crippen LogP contribution in [0.15, 0.2) is 0 Å². The minimum absolute atomic E-state index is 0.0543. The first-order valence-electron chi connectivity index (χ1n) is 33.5. The molecule has 1 amide bonds. The van der Waals surface area contributed by atoms with Gasteiger partial charge in [0.05, 0.1) is 151 Å². The first kappa shape index (κ1) is 81.3. The Hall–Kier alpha value is -1.74. The van der Waals surface area contributed by atoms with E-state index in [0.717, 1.165) is 33.0 Å². The van der Waals surface area contributed by atoms with Crippen LogP contribution in [0.4, 0.5) is 0 Å². The number of hydrogen-bond acceptors (Lipinski definition) is 19. The Balaban J connectivity index is 2.04. The molecule has 506 valence electrons. The Kier molecular flexibility index (Phi) is 58.5. The van der Waals surface area contributed by atoms with Crippen molar-refractivity contribution in [3.8, 4) is 0 Å². The zero-order chi connectivity index (χ0) is 61.8. The fourth-order valence-electron chi connectivity index (χ4n) is 9.82. The number of rotatable bonds is 68. The molecule has 0 radical (unpaired) electrons. The first-order chi connectivity index (χ1) is 41.6. The van der Waals surface area contributed by atoms with E-state index in [1.54, 1.807) is 0 Å². The second-order valence-electron chi connectivity index (χ2n) is 22.5. The van der Waals surface area contributed by atoms with E-state index in [2.05, 4.69) is 19.2 Å². The van der Waals surface area contributed by atoms with Gasteiger partial charge in [-0.05, 0) is 12.8 Å². The van der Waals surface area contributed by atoms with Gasteiger partial charge in [-0.3, -0.25) is 4.79 Å². The molecule has 1 heterocycles. The van der Waals surface area contributed by atoms with Crippen molar-refractivity contribution < 1.29 is 96.7 Å². The SMILES string of the molecule is CCCCCCCCCCCCCCCCOCC(COCCOCCOCCOCCOCCOCCOCCOCCOCCO[C@@]1(C(=O)O)C[C@H](O)[C@@H](NC(C)=O)[C@H]([C@H](O)[C@H](O)CO)O1)OCCCCCCCCCCCCCCCC. The molecule has 0 bridgehead atoms. The summed E-state index contributed by atoms with van der Waals surface area (Å²) >= 11 is 0. The highest BCUT2D eigenvalue weighted by Gasteiger charge is 2.55. The lowest BCUT2D eigenvalue weighted by Crippen LogP contribution is -2.68. The zero-order valence-corrected chi connectivity index (χ0v) is 53.6. The molecule has 1 aliphatic rings. The van der Waals surface area contributed by atoms with Crippen LogP contribution in [-0.2, 0) is 71.2 Å². The highest BCUT2D eigenvalue weighted by atomic mass is 16.7. The number of carboxylic acid groups (broad SMARTS) is 1. The number of nitrogens with one attached hydrogen (secondary N) is 1. The fourth-order valence-corrected chi connectivity index (χ4v) is 9.82. The maximum absolute atomic E-state index is 12.2. The number of aliphatic hydroxyl groups is 4. The van der Waals surface area contributed by atoms with Crippen molar-refractivity contribution in [1.82, 2.24) is 5.32 Å². The molecule has 0 aromatic heterocycles. The number of ether oxygens (including phenoxy) is 13. The maximum atomic E-state index is 12.2. The molecule has 1 saturated heterocycles. The lowest BCUT2D eigenvalue weighted by Gasteiger charge is -2.46. The van der Waals surface area contributed by atoms with Gasteiger partial charge in [-0.1, -0.05) is 181 Å². The number of hydrogen-bond donors (Lipinski definition) is 6. The van der Waals surface area contributed by atoms with Crippen LogP contribution in [0.1, 0.15) is 207 Å². The van der Waals surface area contributed by atoms with E-state index in [-0.39, 0.29) is 32.5 Å². The summed E-state index contributed by atoms with van der Waals surface area (Å²) in [5.74, 6) is -4.60. The van der Waals surface area contributed by atoms with Crippen LogP contribution in [0.3, 0.4) is 0 Å². The highest BCUT2D eigenvalue weighted by Crippen LogP contribution is 2.33. The van der Waals surface area contributed by atoms with Gasteiger partial charge in [0.2, 0.25) is 5.91 Å². The Labute approximate surface area is 513 Å². The molecule has 1 unspecified atom stereocenters. The molecule has 7 atom stereocenters. The number of aliphatic hydroxyl groups excluding tert-OH is 4. The predicted octanol–water partition coefficient (Wildman–Crippen LogP) is 8.67. The molecular weight excluding hydrogens is 1100 g/mol. The number of carbonyl (C=O) groups excluding carboxylic acids is 1. The number of carbonyl (C=O) groups is 2. The Bertz CT molecular complexity index is 1430. The smallest absolute Gasteiger partial charge is 0.364 e. The van der Waals surface area contributed by atoms with Crippen LogP contribution >= 0.6 is 0 Å². The molecule has 85 heavy (non-hydrogen) atoms. The third-order valence-electron chi connectivity index (χ3n) is 14.8. The fraction of sp³-hybridized carbons (Fsp3) is 0.969. The molecule has 0 aromatic rings. The quantitative estimate of drug-likeness (QED) is 0.0311. The number of amides is 1. The van der Waals surface area contributed by atoms with Crippen LogP contribution in [0.5, 0.6) is 0 Å². The van der Waals surface area contributed by atoms with Crippen molar-refractivity contribution in [2.24, 2.45) is 0 Å². The van der Waals surface area contributed by atoms with Crippen LogP contribution < -0.4 is 5.32 Å². The summed E-state index contributed by atoms with van der Waals surface area (Å²) in [4.78, 5) is 23.9. The average Bonchev–Trinajstić information content (AvgIpc) is 1.56. The van der Waals surface area contributed by atoms with Crippen LogP contribution in [0.25, 0.3) is 0 Å². The predicted molar refractivity (Wildman–Crippen MR) is 327 cm³/mol. The Morgan fingerprint density at radius 2 is 0.765 bits per heavy atom. The molecule has 0 aromatic carbocycles. The minimum atomic E-state index is -2.42. The van der Waals surface area contributed by atoms with E-state index in [1.807, 2.05) is 0 Å². The van der Waals surface area contributed by atoms with Crippen molar-refractivity contribution >= 4 is 11.9 Å². The summed E-state index contributed by atoms with van der Waals surface area (Å²) in [6, 6.07) is -1.28. The summed E-state index contributed by atoms with van der Waals surface area (Å²) < 4.78 is 73.9. The van der Waals surface area contributed by atoms with Crippen LogP contribution in [-0.4, -0.2) is 232 Å². The van der Waals surface area contributed by atoms with Gasteiger partial charge in [-0.15, -0.1) is 0 Å². The van der Waals surface area contributed by atoms with Gasteiger partial charge in [0.25, 0.3) is 5.79 Å². The maximum Gasteiger partial charge on any atom is 0.364 e. The van der Waals surface area contributed by atoms with E-state index in [0.29, 0.717) is 106 Å². The van der Waals surface area contributed by atoms with E-state index in [1.165, 1.54) is 167 Å². The van der Waals surface area contributed by atoms with Crippen LogP contribution in [0, 0.1) is 0 Å². The highest BCUT2D eigenvalue weighted by molar-refractivity contribution is 5.76. The van der Waals surface area contributed by atoms with Gasteiger partial charge in [0.15, 0.2) is 0 Å². The molecule has 0 spiro atoms. The first-order valence-corrected chi connectivity index (χ1v) is 33.5. The molecule has 0 aliphatic carbocycles. The molecule has 21 heteroatoms. The lowest BCUT2D eigenvalue weighted by atomic mass is 9.88. The second-order valence-corrected chi connectivity index (χ2v) is 22.5. The number of unbranched alkanes of at least 4 members (excludes halogenated alkanes) is 26. The summed E-state index contributed by atoms with van der Waals surface area (Å²) in [5.41, 5.74) is 0. The van der Waals surface area contributed by atoms with Crippen molar-refractivity contribution in [1.29, 1.82) is 0 Å². The molecule has 0 saturated carbocycles. The number of aliphatic carboxylic acids is 1. The van der Waals surface area contributed by atoms with Gasteiger partial charge in [0, 0.05) is 26.6 Å². The van der Waals surface area contributed by atoms with Crippen molar-refractivity contribution in [2.75, 3.05) is 152 Å². The van der Waals surface area contributed by atoms with Gasteiger partial charge < -0.3 is 92.4 Å². The minimum Gasteiger partial charge on any atom is -0.477 e. The summed E-state index contributed by atoms with van der Waals surface area (Å²) in [6.07, 6.45) is 30.3. The molecule has 21 nitrogen and oxygen atoms in total. The topological polar surface area (TPSA) is 267 Å². The summed E-state index contributed by atoms with van der Waals surface area (Å²) in [5, 5.41) is 52.8. The van der Waals surface area contributed by atoms with Gasteiger partial charge in [-0.25, -0.2) is 4.79 Å². The third kappa shape index (κ3) is 48.7. The molecule has 1 aliphatic heterocycles. The summed E-state index contributed by atoms with van der Waals surface area (Å²) in [7, 11) is 0. The standard InChI is InChI=1S/C64H125NO20/c1-4-6-8-10-12-14-16-18-20-22-24-26-28-30-32-81-54-57(83-33-31-29-27-25-23-21-19-17-15-13-11-9-7-5-2)55-82-49-48-79-45-44-77-41-40-75-37-36-73-34-35-74-38-39-76-42-43-78-46-47-80-50-51-84-64(63(71)72)52-58(68)60(65-56(3)67)62(85-64)61(70)59(69)53-66/h57-62,66,68-70H,4-55H2,1-3H3,(H,65,67)(H,71,72)/t57?,58-,59+,60+,61+,62+,64-/m0/s1. The van der Waals surface area contributed by atoms with Crippen LogP contribution in [0.2, 0.25) is 0 Å². The monoisotopic (exact) mass is 1230 g/mol. The Morgan fingerprint density at radius 3 is 1.09 bits per heavy atom. The van der Waals surface area contributed by atoms with Gasteiger partial charge in [-0.2, -0.15) is 0 Å². The summed E-state index contributed by atoms with van der Waals surface area (Å²) in [6.45, 7) is 13.6. The van der Waals surface area contributed by atoms with E-state index in [9.17, 15) is 35.1 Å². The largest absolute Gasteiger partial charge is 0.477 e. The van der Waals surface area contributed by atoms with Gasteiger partial charge in [0.1, 0.15) is 24.4 Å². The van der Waals surface area contributed by atoms with E-state index in [4.69, 9.17) is 61.6 Å². The molecule has 1 fully saturated rings. The number of carboxylic acids is 1. The zero-order valence-electron chi connectivity index (χ0n) is 53.6. The van der Waals surface area contributed by atoms with E-state index < -0.39 is 61.1 Å². The average molecular weight is 1230 g/mol. The molecular formula is C64H125NO20. The lowest BCUT2D eigenvalue weighted by molar-refractivity contribution is -0.312.